The molecule has 2 nitrogen and oxygen atoms in total. The van der Waals surface area contributed by atoms with Crippen LogP contribution in [0.3, 0.4) is 0 Å². The Morgan fingerprint density at radius 3 is 2.27 bits per heavy atom. The number of hydrogen-bond donors (Lipinski definition) is 1. The highest BCUT2D eigenvalue weighted by Gasteiger charge is 2.05. The summed E-state index contributed by atoms with van der Waals surface area (Å²) >= 11 is 0. The molecule has 2 aromatic rings. The Labute approximate surface area is 131 Å². The Kier molecular flexibility index (Phi) is 7.62. The van der Waals surface area contributed by atoms with Gasteiger partial charge in [0.05, 0.1) is 0 Å². The molecule has 0 atom stereocenters. The summed E-state index contributed by atoms with van der Waals surface area (Å²) in [6.07, 6.45) is 3.80. The molecule has 0 aliphatic heterocycles. The first-order chi connectivity index (χ1) is 10.7. The molecule has 0 spiro atoms. The Morgan fingerprint density at radius 1 is 1.18 bits per heavy atom. The molecule has 0 aliphatic carbocycles. The van der Waals surface area contributed by atoms with Crippen molar-refractivity contribution in [2.24, 2.45) is 0 Å². The van der Waals surface area contributed by atoms with E-state index in [0.29, 0.717) is 11.8 Å². The standard InChI is InChI=1S/C16H18FN.C3H4O/c1-3-4-12-5-10-15(16(17)11-12)13-6-8-14(18-2)9-7-13;1-2-3-4/h5-11,18H,3-4H2,1-2H3;2-3H,1H2. The van der Waals surface area contributed by atoms with Crippen LogP contribution in [0.2, 0.25) is 0 Å². The largest absolute Gasteiger partial charge is 0.388 e. The number of carbonyl (C=O) groups is 1. The fourth-order valence-corrected chi connectivity index (χ4v) is 2.05. The number of hydrogen-bond acceptors (Lipinski definition) is 2. The summed E-state index contributed by atoms with van der Waals surface area (Å²) in [5.41, 5.74) is 3.67. The molecule has 0 bridgehead atoms. The molecule has 0 saturated heterocycles. The minimum absolute atomic E-state index is 0.141. The molecule has 0 fully saturated rings. The molecule has 0 radical (unpaired) electrons. The number of halogens is 1. The van der Waals surface area contributed by atoms with Gasteiger partial charge in [0.1, 0.15) is 12.1 Å². The highest BCUT2D eigenvalue weighted by atomic mass is 19.1. The van der Waals surface area contributed by atoms with Gasteiger partial charge in [-0.15, -0.1) is 0 Å². The maximum absolute atomic E-state index is 14.0. The summed E-state index contributed by atoms with van der Waals surface area (Å²) in [5.74, 6) is -0.141. The van der Waals surface area contributed by atoms with E-state index in [1.54, 1.807) is 6.07 Å². The van der Waals surface area contributed by atoms with Crippen LogP contribution in [-0.2, 0) is 11.2 Å². The lowest BCUT2D eigenvalue weighted by molar-refractivity contribution is -0.104. The number of carbonyl (C=O) groups excluding carboxylic acids is 1. The zero-order valence-corrected chi connectivity index (χ0v) is 13.1. The number of aryl methyl sites for hydroxylation is 1. The van der Waals surface area contributed by atoms with Crippen molar-refractivity contribution in [1.29, 1.82) is 0 Å². The Morgan fingerprint density at radius 2 is 1.82 bits per heavy atom. The lowest BCUT2D eigenvalue weighted by atomic mass is 10.0. The van der Waals surface area contributed by atoms with Crippen LogP contribution in [0.15, 0.2) is 55.1 Å². The van der Waals surface area contributed by atoms with Crippen LogP contribution in [0.5, 0.6) is 0 Å². The second-order valence-electron chi connectivity index (χ2n) is 4.76. The fraction of sp³-hybridized carbons (Fsp3) is 0.211. The van der Waals surface area contributed by atoms with Gasteiger partial charge in [0, 0.05) is 18.3 Å². The zero-order valence-electron chi connectivity index (χ0n) is 13.1. The number of aldehydes is 1. The molecule has 0 amide bonds. The van der Waals surface area contributed by atoms with Gasteiger partial charge in [0.25, 0.3) is 0 Å². The summed E-state index contributed by atoms with van der Waals surface area (Å²) in [4.78, 5) is 9.06. The zero-order chi connectivity index (χ0) is 16.4. The van der Waals surface area contributed by atoms with Crippen molar-refractivity contribution in [1.82, 2.24) is 0 Å². The second kappa shape index (κ2) is 9.50. The first-order valence-corrected chi connectivity index (χ1v) is 7.29. The van der Waals surface area contributed by atoms with Gasteiger partial charge >= 0.3 is 0 Å². The summed E-state index contributed by atoms with van der Waals surface area (Å²) in [5, 5.41) is 3.05. The van der Waals surface area contributed by atoms with Crippen molar-refractivity contribution >= 4 is 12.0 Å². The number of allylic oxidation sites excluding steroid dienone is 1. The Bertz CT molecular complexity index is 599. The van der Waals surface area contributed by atoms with E-state index >= 15 is 0 Å². The van der Waals surface area contributed by atoms with Crippen molar-refractivity contribution in [3.63, 3.8) is 0 Å². The smallest absolute Gasteiger partial charge is 0.142 e. The molecule has 0 aromatic heterocycles. The number of benzene rings is 2. The third-order valence-corrected chi connectivity index (χ3v) is 3.15. The Hall–Kier alpha value is -2.42. The minimum Gasteiger partial charge on any atom is -0.388 e. The molecular weight excluding hydrogens is 277 g/mol. The molecule has 3 heteroatoms. The van der Waals surface area contributed by atoms with Crippen molar-refractivity contribution in [2.75, 3.05) is 12.4 Å². The normalized spacial score (nSPS) is 9.41. The van der Waals surface area contributed by atoms with E-state index in [1.165, 1.54) is 6.08 Å². The van der Waals surface area contributed by atoms with Crippen LogP contribution < -0.4 is 5.32 Å². The predicted octanol–water partition coefficient (Wildman–Crippen LogP) is 4.86. The predicted molar refractivity (Wildman–Crippen MR) is 91.6 cm³/mol. The van der Waals surface area contributed by atoms with Gasteiger partial charge in [-0.3, -0.25) is 4.79 Å². The molecule has 1 N–H and O–H groups in total. The fourth-order valence-electron chi connectivity index (χ4n) is 2.05. The topological polar surface area (TPSA) is 29.1 Å². The highest BCUT2D eigenvalue weighted by Crippen LogP contribution is 2.25. The van der Waals surface area contributed by atoms with Gasteiger partial charge in [0.15, 0.2) is 0 Å². The van der Waals surface area contributed by atoms with Crippen molar-refractivity contribution in [2.45, 2.75) is 19.8 Å². The number of rotatable bonds is 5. The quantitative estimate of drug-likeness (QED) is 0.631. The minimum atomic E-state index is -0.141. The highest BCUT2D eigenvalue weighted by molar-refractivity contribution is 5.67. The molecule has 2 rings (SSSR count). The van der Waals surface area contributed by atoms with Crippen molar-refractivity contribution in [3.05, 3.63) is 66.5 Å². The first-order valence-electron chi connectivity index (χ1n) is 7.29. The molecule has 116 valence electrons. The maximum atomic E-state index is 14.0. The average molecular weight is 299 g/mol. The number of anilines is 1. The van der Waals surface area contributed by atoms with Crippen LogP contribution in [0.25, 0.3) is 11.1 Å². The van der Waals surface area contributed by atoms with E-state index in [0.717, 1.165) is 29.7 Å². The number of nitrogens with one attached hydrogen (secondary N) is 1. The molecule has 0 heterocycles. The van der Waals surface area contributed by atoms with Crippen LogP contribution >= 0.6 is 0 Å². The van der Waals surface area contributed by atoms with E-state index in [1.807, 2.05) is 43.4 Å². The van der Waals surface area contributed by atoms with Gasteiger partial charge in [-0.05, 0) is 41.8 Å². The maximum Gasteiger partial charge on any atom is 0.142 e. The Balaban J connectivity index is 0.000000541. The monoisotopic (exact) mass is 299 g/mol. The van der Waals surface area contributed by atoms with Gasteiger partial charge in [0.2, 0.25) is 0 Å². The van der Waals surface area contributed by atoms with Crippen LogP contribution in [0.1, 0.15) is 18.9 Å². The second-order valence-corrected chi connectivity index (χ2v) is 4.76. The molecule has 0 saturated carbocycles. The average Bonchev–Trinajstić information content (AvgIpc) is 2.56. The molecule has 0 unspecified atom stereocenters. The van der Waals surface area contributed by atoms with E-state index in [2.05, 4.69) is 18.8 Å². The first kappa shape index (κ1) is 17.6. The summed E-state index contributed by atoms with van der Waals surface area (Å²) < 4.78 is 14.0. The third-order valence-electron chi connectivity index (χ3n) is 3.15. The lowest BCUT2D eigenvalue weighted by Gasteiger charge is -2.07. The van der Waals surface area contributed by atoms with E-state index in [9.17, 15) is 4.39 Å². The molecular formula is C19H22FNO. The SMILES string of the molecule is C=CC=O.CCCc1ccc(-c2ccc(NC)cc2)c(F)c1. The third kappa shape index (κ3) is 5.17. The van der Waals surface area contributed by atoms with Gasteiger partial charge in [-0.25, -0.2) is 4.39 Å². The van der Waals surface area contributed by atoms with Crippen LogP contribution in [0, 0.1) is 5.82 Å². The van der Waals surface area contributed by atoms with E-state index in [-0.39, 0.29) is 5.82 Å². The summed E-state index contributed by atoms with van der Waals surface area (Å²) in [7, 11) is 1.87. The van der Waals surface area contributed by atoms with Crippen molar-refractivity contribution in [3.8, 4) is 11.1 Å². The summed E-state index contributed by atoms with van der Waals surface area (Å²) in [6, 6.07) is 13.3. The van der Waals surface area contributed by atoms with Crippen molar-refractivity contribution < 1.29 is 9.18 Å². The van der Waals surface area contributed by atoms with Gasteiger partial charge < -0.3 is 5.32 Å². The van der Waals surface area contributed by atoms with E-state index in [4.69, 9.17) is 4.79 Å². The summed E-state index contributed by atoms with van der Waals surface area (Å²) in [6.45, 7) is 5.21. The van der Waals surface area contributed by atoms with Gasteiger partial charge in [-0.2, -0.15) is 0 Å². The van der Waals surface area contributed by atoms with E-state index < -0.39 is 0 Å². The lowest BCUT2D eigenvalue weighted by Crippen LogP contribution is -1.90. The molecule has 22 heavy (non-hydrogen) atoms. The molecule has 2 aromatic carbocycles. The molecule has 0 aliphatic rings. The van der Waals surface area contributed by atoms with Gasteiger partial charge in [-0.1, -0.05) is 44.2 Å². The van der Waals surface area contributed by atoms with Crippen LogP contribution in [0.4, 0.5) is 10.1 Å². The van der Waals surface area contributed by atoms with Crippen LogP contribution in [-0.4, -0.2) is 13.3 Å².